The molecule has 0 saturated carbocycles. The van der Waals surface area contributed by atoms with Crippen molar-refractivity contribution in [3.63, 3.8) is 0 Å². The average Bonchev–Trinajstić information content (AvgIpc) is 3.22. The van der Waals surface area contributed by atoms with Crippen molar-refractivity contribution in [1.29, 1.82) is 0 Å². The Morgan fingerprint density at radius 2 is 1.69 bits per heavy atom. The predicted molar refractivity (Wildman–Crippen MR) is 128 cm³/mol. The van der Waals surface area contributed by atoms with Crippen LogP contribution in [0.1, 0.15) is 11.1 Å². The van der Waals surface area contributed by atoms with E-state index in [1.54, 1.807) is 23.2 Å². The van der Waals surface area contributed by atoms with Crippen LogP contribution in [0.25, 0.3) is 17.0 Å². The highest BCUT2D eigenvalue weighted by atomic mass is 16.5. The number of urea groups is 1. The largest absolute Gasteiger partial charge is 0.378 e. The first-order chi connectivity index (χ1) is 17.0. The Hall–Kier alpha value is -4.24. The summed E-state index contributed by atoms with van der Waals surface area (Å²) in [6.45, 7) is 2.31. The van der Waals surface area contributed by atoms with Crippen LogP contribution >= 0.6 is 0 Å². The molecule has 2 aromatic carbocycles. The second-order valence-corrected chi connectivity index (χ2v) is 8.42. The lowest BCUT2D eigenvalue weighted by atomic mass is 10.1. The van der Waals surface area contributed by atoms with Crippen LogP contribution in [0.15, 0.2) is 66.4 Å². The minimum absolute atomic E-state index is 0.0284. The number of hydrogen-bond acceptors (Lipinski definition) is 5. The van der Waals surface area contributed by atoms with E-state index in [0.29, 0.717) is 31.9 Å². The van der Waals surface area contributed by atoms with Crippen molar-refractivity contribution in [2.45, 2.75) is 13.1 Å². The first-order valence-electron chi connectivity index (χ1n) is 11.4. The quantitative estimate of drug-likeness (QED) is 0.453. The summed E-state index contributed by atoms with van der Waals surface area (Å²) in [5, 5.41) is 3.05. The minimum atomic E-state index is -0.750. The third-order valence-electron chi connectivity index (χ3n) is 6.16. The fourth-order valence-corrected chi connectivity index (χ4v) is 4.34. The molecule has 5 rings (SSSR count). The van der Waals surface area contributed by atoms with Gasteiger partial charge in [0.1, 0.15) is 12.1 Å². The van der Waals surface area contributed by atoms with Crippen molar-refractivity contribution in [2.75, 3.05) is 26.3 Å². The van der Waals surface area contributed by atoms with E-state index in [2.05, 4.69) is 5.32 Å². The standard InChI is InChI=1S/C26H24N4O5/c31-23(28-10-12-35-13-11-28)17-29-16-19(20-8-4-5-9-22(20)29)14-21-24(32)27-26(34)30(25(21)33)15-18-6-2-1-3-7-18/h1-9,14,16H,10-13,15,17H2,(H,27,32,34)/b21-14+. The monoisotopic (exact) mass is 472 g/mol. The molecule has 2 fully saturated rings. The highest BCUT2D eigenvalue weighted by Crippen LogP contribution is 2.25. The van der Waals surface area contributed by atoms with Gasteiger partial charge in [0.2, 0.25) is 5.91 Å². The van der Waals surface area contributed by atoms with Crippen LogP contribution in [0.2, 0.25) is 0 Å². The van der Waals surface area contributed by atoms with Gasteiger partial charge in [0.15, 0.2) is 0 Å². The summed E-state index contributed by atoms with van der Waals surface area (Å²) in [7, 11) is 0. The summed E-state index contributed by atoms with van der Waals surface area (Å²) in [5.74, 6) is -1.44. The minimum Gasteiger partial charge on any atom is -0.378 e. The highest BCUT2D eigenvalue weighted by Gasteiger charge is 2.36. The molecule has 5 amide bonds. The maximum absolute atomic E-state index is 13.2. The SMILES string of the molecule is O=C1NC(=O)N(Cc2ccccc2)C(=O)/C1=C/c1cn(CC(=O)N2CCOCC2)c2ccccc12. The van der Waals surface area contributed by atoms with Crippen molar-refractivity contribution in [3.8, 4) is 0 Å². The number of fused-ring (bicyclic) bond motifs is 1. The summed E-state index contributed by atoms with van der Waals surface area (Å²) >= 11 is 0. The van der Waals surface area contributed by atoms with Crippen molar-refractivity contribution in [1.82, 2.24) is 19.7 Å². The van der Waals surface area contributed by atoms with Gasteiger partial charge < -0.3 is 14.2 Å². The summed E-state index contributed by atoms with van der Waals surface area (Å²) in [6.07, 6.45) is 3.24. The second kappa shape index (κ2) is 9.55. The Kier molecular flexibility index (Phi) is 6.15. The molecule has 35 heavy (non-hydrogen) atoms. The lowest BCUT2D eigenvalue weighted by molar-refractivity contribution is -0.136. The van der Waals surface area contributed by atoms with Gasteiger partial charge in [-0.3, -0.25) is 24.6 Å². The molecule has 2 aliphatic rings. The molecule has 0 unspecified atom stereocenters. The number of rotatable bonds is 5. The van der Waals surface area contributed by atoms with Crippen LogP contribution < -0.4 is 5.32 Å². The van der Waals surface area contributed by atoms with Gasteiger partial charge in [0.25, 0.3) is 11.8 Å². The molecule has 1 aromatic heterocycles. The Morgan fingerprint density at radius 3 is 2.46 bits per heavy atom. The zero-order valence-electron chi connectivity index (χ0n) is 19.0. The highest BCUT2D eigenvalue weighted by molar-refractivity contribution is 6.31. The summed E-state index contributed by atoms with van der Waals surface area (Å²) in [5.41, 5.74) is 2.05. The Balaban J connectivity index is 1.46. The molecular formula is C26H24N4O5. The Labute approximate surface area is 201 Å². The van der Waals surface area contributed by atoms with E-state index in [1.807, 2.05) is 47.0 Å². The number of hydrogen-bond donors (Lipinski definition) is 1. The Morgan fingerprint density at radius 1 is 0.971 bits per heavy atom. The summed E-state index contributed by atoms with van der Waals surface area (Å²) in [4.78, 5) is 53.8. The van der Waals surface area contributed by atoms with Crippen LogP contribution in [-0.4, -0.2) is 64.4 Å². The predicted octanol–water partition coefficient (Wildman–Crippen LogP) is 2.16. The van der Waals surface area contributed by atoms with Crippen LogP contribution in [0, 0.1) is 0 Å². The lowest BCUT2D eigenvalue weighted by Gasteiger charge is -2.27. The van der Waals surface area contributed by atoms with E-state index in [9.17, 15) is 19.2 Å². The van der Waals surface area contributed by atoms with E-state index >= 15 is 0 Å². The van der Waals surface area contributed by atoms with Crippen LogP contribution in [0.4, 0.5) is 4.79 Å². The van der Waals surface area contributed by atoms with Gasteiger partial charge in [-0.05, 0) is 17.7 Å². The molecule has 0 radical (unpaired) electrons. The zero-order chi connectivity index (χ0) is 24.4. The first kappa shape index (κ1) is 22.5. The third kappa shape index (κ3) is 4.58. The molecule has 178 valence electrons. The van der Waals surface area contributed by atoms with Crippen molar-refractivity contribution >= 4 is 40.7 Å². The number of nitrogens with one attached hydrogen (secondary N) is 1. The molecule has 0 spiro atoms. The molecule has 3 aromatic rings. The normalized spacial score (nSPS) is 17.8. The smallest absolute Gasteiger partial charge is 0.331 e. The number of morpholine rings is 1. The zero-order valence-corrected chi connectivity index (χ0v) is 19.0. The van der Waals surface area contributed by atoms with Gasteiger partial charge in [0.05, 0.1) is 19.8 Å². The van der Waals surface area contributed by atoms with Crippen LogP contribution in [-0.2, 0) is 32.2 Å². The van der Waals surface area contributed by atoms with Gasteiger partial charge in [-0.25, -0.2) is 4.79 Å². The molecule has 0 aliphatic carbocycles. The van der Waals surface area contributed by atoms with Crippen LogP contribution in [0.5, 0.6) is 0 Å². The van der Waals surface area contributed by atoms with Gasteiger partial charge in [-0.2, -0.15) is 0 Å². The number of barbiturate groups is 1. The molecule has 2 saturated heterocycles. The van der Waals surface area contributed by atoms with Crippen LogP contribution in [0.3, 0.4) is 0 Å². The third-order valence-corrected chi connectivity index (χ3v) is 6.16. The fourth-order valence-electron chi connectivity index (χ4n) is 4.34. The summed E-state index contributed by atoms with van der Waals surface area (Å²) < 4.78 is 7.14. The molecule has 3 heterocycles. The number of amides is 5. The van der Waals surface area contributed by atoms with E-state index in [1.165, 1.54) is 6.08 Å². The maximum Gasteiger partial charge on any atom is 0.331 e. The van der Waals surface area contributed by atoms with Gasteiger partial charge in [0, 0.05) is 35.8 Å². The van der Waals surface area contributed by atoms with Crippen molar-refractivity contribution < 1.29 is 23.9 Å². The van der Waals surface area contributed by atoms with E-state index < -0.39 is 17.8 Å². The summed E-state index contributed by atoms with van der Waals surface area (Å²) in [6, 6.07) is 15.8. The van der Waals surface area contributed by atoms with Crippen molar-refractivity contribution in [3.05, 3.63) is 77.5 Å². The van der Waals surface area contributed by atoms with Gasteiger partial charge >= 0.3 is 6.03 Å². The number of benzene rings is 2. The number of carbonyl (C=O) groups is 4. The maximum atomic E-state index is 13.2. The molecular weight excluding hydrogens is 448 g/mol. The number of carbonyl (C=O) groups excluding carboxylic acids is 4. The molecule has 9 heteroatoms. The van der Waals surface area contributed by atoms with Gasteiger partial charge in [-0.15, -0.1) is 0 Å². The Bertz CT molecular complexity index is 1340. The molecule has 1 N–H and O–H groups in total. The number of para-hydroxylation sites is 1. The lowest BCUT2D eigenvalue weighted by Crippen LogP contribution is -2.53. The average molecular weight is 473 g/mol. The number of ether oxygens (including phenoxy) is 1. The van der Waals surface area contributed by atoms with Crippen molar-refractivity contribution in [2.24, 2.45) is 0 Å². The second-order valence-electron chi connectivity index (χ2n) is 8.42. The number of nitrogens with zero attached hydrogens (tertiary/aromatic N) is 3. The topological polar surface area (TPSA) is 101 Å². The molecule has 0 atom stereocenters. The van der Waals surface area contributed by atoms with E-state index in [4.69, 9.17) is 4.74 Å². The van der Waals surface area contributed by atoms with Gasteiger partial charge in [-0.1, -0.05) is 48.5 Å². The first-order valence-corrected chi connectivity index (χ1v) is 11.4. The van der Waals surface area contributed by atoms with E-state index in [-0.39, 0.29) is 24.6 Å². The number of imide groups is 2. The molecule has 2 aliphatic heterocycles. The number of aromatic nitrogens is 1. The fraction of sp³-hybridized carbons (Fsp3) is 0.231. The molecule has 0 bridgehead atoms. The molecule has 9 nitrogen and oxygen atoms in total. The van der Waals surface area contributed by atoms with E-state index in [0.717, 1.165) is 21.4 Å².